The van der Waals surface area contributed by atoms with Crippen LogP contribution in [0.3, 0.4) is 0 Å². The second-order valence-corrected chi connectivity index (χ2v) is 11.2. The van der Waals surface area contributed by atoms with E-state index >= 15 is 0 Å². The van der Waals surface area contributed by atoms with Gasteiger partial charge in [0.2, 0.25) is 0 Å². The fourth-order valence-corrected chi connectivity index (χ4v) is 6.57. The summed E-state index contributed by atoms with van der Waals surface area (Å²) in [4.78, 5) is 20.1. The van der Waals surface area contributed by atoms with Gasteiger partial charge in [0.1, 0.15) is 17.6 Å². The molecule has 6 rings (SSSR count). The molecule has 0 atom stereocenters. The predicted octanol–water partition coefficient (Wildman–Crippen LogP) is 6.87. The molecule has 3 aromatic rings. The summed E-state index contributed by atoms with van der Waals surface area (Å²) in [5, 5.41) is 10.1. The van der Waals surface area contributed by atoms with Crippen molar-refractivity contribution in [1.29, 1.82) is 5.26 Å². The van der Waals surface area contributed by atoms with E-state index in [0.29, 0.717) is 34.2 Å². The zero-order chi connectivity index (χ0) is 26.9. The summed E-state index contributed by atoms with van der Waals surface area (Å²) in [5.41, 5.74) is 4.10. The lowest BCUT2D eigenvalue weighted by Crippen LogP contribution is -2.50. The van der Waals surface area contributed by atoms with Crippen LogP contribution in [0.25, 0.3) is 0 Å². The highest BCUT2D eigenvalue weighted by atomic mass is 35.5. The third-order valence-electron chi connectivity index (χ3n) is 8.73. The fraction of sp³-hybridized carbons (Fsp3) is 0.387. The van der Waals surface area contributed by atoms with Crippen molar-refractivity contribution >= 4 is 23.2 Å². The highest BCUT2D eigenvalue weighted by Gasteiger charge is 2.50. The average Bonchev–Trinajstić information content (AvgIpc) is 2.96. The number of aromatic nitrogens is 1. The number of rotatable bonds is 7. The van der Waals surface area contributed by atoms with Crippen LogP contribution < -0.4 is 14.4 Å². The molecule has 196 valence electrons. The molecule has 2 aromatic carbocycles. The molecule has 3 fully saturated rings. The first-order chi connectivity index (χ1) is 18.3. The molecule has 0 N–H and O–H groups in total. The zero-order valence-electron chi connectivity index (χ0n) is 22.1. The van der Waals surface area contributed by atoms with E-state index in [-0.39, 0.29) is 16.7 Å². The van der Waals surface area contributed by atoms with Gasteiger partial charge in [-0.3, -0.25) is 9.78 Å². The number of aryl methyl sites for hydroxylation is 1. The highest BCUT2D eigenvalue weighted by molar-refractivity contribution is 6.31. The first kappa shape index (κ1) is 26.1. The maximum atomic E-state index is 14.0. The van der Waals surface area contributed by atoms with E-state index in [4.69, 9.17) is 21.1 Å². The number of anilines is 1. The molecule has 1 amide bonds. The van der Waals surface area contributed by atoms with Gasteiger partial charge in [0.25, 0.3) is 5.91 Å². The molecular formula is C31H32ClN3O3. The summed E-state index contributed by atoms with van der Waals surface area (Å²) in [6.07, 6.45) is 9.50. The molecule has 1 heterocycles. The Balaban J connectivity index is 1.45. The molecule has 38 heavy (non-hydrogen) atoms. The fourth-order valence-electron chi connectivity index (χ4n) is 6.35. The zero-order valence-corrected chi connectivity index (χ0v) is 22.8. The van der Waals surface area contributed by atoms with Crippen LogP contribution in [0.2, 0.25) is 5.02 Å². The molecule has 6 nitrogen and oxygen atoms in total. The van der Waals surface area contributed by atoms with Crippen LogP contribution >= 0.6 is 11.6 Å². The van der Waals surface area contributed by atoms with E-state index < -0.39 is 0 Å². The predicted molar refractivity (Wildman–Crippen MR) is 148 cm³/mol. The van der Waals surface area contributed by atoms with Crippen molar-refractivity contribution in [2.24, 2.45) is 5.41 Å². The molecule has 2 bridgehead atoms. The molecule has 0 saturated heterocycles. The monoisotopic (exact) mass is 529 g/mol. The van der Waals surface area contributed by atoms with Gasteiger partial charge in [-0.2, -0.15) is 5.26 Å². The van der Waals surface area contributed by atoms with E-state index in [1.807, 2.05) is 36.1 Å². The summed E-state index contributed by atoms with van der Waals surface area (Å²) in [6, 6.07) is 15.6. The number of nitriles is 1. The second kappa shape index (κ2) is 10.3. The number of carbonyl (C=O) groups is 1. The lowest BCUT2D eigenvalue weighted by molar-refractivity contribution is 0.0441. The maximum absolute atomic E-state index is 14.0. The van der Waals surface area contributed by atoms with Gasteiger partial charge in [-0.05, 0) is 97.7 Å². The molecule has 0 spiro atoms. The minimum Gasteiger partial charge on any atom is -0.497 e. The normalized spacial score (nSPS) is 22.0. The van der Waals surface area contributed by atoms with Gasteiger partial charge in [-0.25, -0.2) is 0 Å². The lowest BCUT2D eigenvalue weighted by atomic mass is 9.51. The van der Waals surface area contributed by atoms with E-state index in [2.05, 4.69) is 17.1 Å². The molecule has 3 saturated carbocycles. The number of pyridine rings is 1. The van der Waals surface area contributed by atoms with E-state index in [0.717, 1.165) is 49.8 Å². The summed E-state index contributed by atoms with van der Waals surface area (Å²) < 4.78 is 10.8. The Morgan fingerprint density at radius 1 is 1.05 bits per heavy atom. The number of hydrogen-bond acceptors (Lipinski definition) is 5. The third-order valence-corrected chi connectivity index (χ3v) is 8.94. The van der Waals surface area contributed by atoms with Gasteiger partial charge < -0.3 is 14.4 Å². The number of hydrogen-bond donors (Lipinski definition) is 0. The Bertz CT molecular complexity index is 1390. The Morgan fingerprint density at radius 2 is 1.79 bits per heavy atom. The number of amides is 1. The second-order valence-electron chi connectivity index (χ2n) is 10.7. The third kappa shape index (κ3) is 4.72. The molecule has 0 radical (unpaired) electrons. The summed E-state index contributed by atoms with van der Waals surface area (Å²) in [5.74, 6) is 1.18. The van der Waals surface area contributed by atoms with Crippen molar-refractivity contribution in [3.05, 3.63) is 82.1 Å². The number of nitrogens with zero attached hydrogens (tertiary/aromatic N) is 3. The molecule has 7 heteroatoms. The SMILES string of the molecule is COc1cc(Cl)cc(N(CC23CCC(c4ccc(OC)c(C#N)c4)(CC2)CC3)C(=O)c2ccncc2C)c1. The van der Waals surface area contributed by atoms with Gasteiger partial charge in [-0.1, -0.05) is 17.7 Å². The molecule has 3 aliphatic carbocycles. The highest BCUT2D eigenvalue weighted by Crippen LogP contribution is 2.58. The minimum absolute atomic E-state index is 0.0123. The number of fused-ring (bicyclic) bond motifs is 3. The smallest absolute Gasteiger partial charge is 0.258 e. The first-order valence-corrected chi connectivity index (χ1v) is 13.4. The molecule has 0 unspecified atom stereocenters. The van der Waals surface area contributed by atoms with Crippen LogP contribution in [0, 0.1) is 23.7 Å². The van der Waals surface area contributed by atoms with Gasteiger partial charge in [0.15, 0.2) is 0 Å². The number of carbonyl (C=O) groups excluding carboxylic acids is 1. The van der Waals surface area contributed by atoms with Crippen LogP contribution in [-0.4, -0.2) is 31.7 Å². The Hall–Kier alpha value is -3.56. The summed E-state index contributed by atoms with van der Waals surface area (Å²) >= 11 is 6.45. The average molecular weight is 530 g/mol. The Kier molecular flexibility index (Phi) is 7.07. The lowest BCUT2D eigenvalue weighted by Gasteiger charge is -2.55. The van der Waals surface area contributed by atoms with E-state index in [9.17, 15) is 10.1 Å². The topological polar surface area (TPSA) is 75.5 Å². The van der Waals surface area contributed by atoms with Crippen LogP contribution in [0.1, 0.15) is 65.6 Å². The van der Waals surface area contributed by atoms with Crippen LogP contribution in [0.5, 0.6) is 11.5 Å². The number of halogens is 1. The number of benzene rings is 2. The van der Waals surface area contributed by atoms with Crippen molar-refractivity contribution in [2.75, 3.05) is 25.7 Å². The van der Waals surface area contributed by atoms with E-state index in [1.54, 1.807) is 38.7 Å². The van der Waals surface area contributed by atoms with Gasteiger partial charge >= 0.3 is 0 Å². The van der Waals surface area contributed by atoms with Crippen molar-refractivity contribution in [2.45, 2.75) is 50.9 Å². The largest absolute Gasteiger partial charge is 0.497 e. The van der Waals surface area contributed by atoms with Crippen molar-refractivity contribution in [1.82, 2.24) is 4.98 Å². The first-order valence-electron chi connectivity index (χ1n) is 13.0. The van der Waals surface area contributed by atoms with Crippen molar-refractivity contribution in [3.8, 4) is 17.6 Å². The summed E-state index contributed by atoms with van der Waals surface area (Å²) in [6.45, 7) is 2.52. The van der Waals surface area contributed by atoms with Crippen LogP contribution in [0.15, 0.2) is 54.9 Å². The van der Waals surface area contributed by atoms with Crippen LogP contribution in [-0.2, 0) is 5.41 Å². The molecule has 1 aromatic heterocycles. The van der Waals surface area contributed by atoms with Gasteiger partial charge in [-0.15, -0.1) is 0 Å². The minimum atomic E-state index is -0.0557. The quantitative estimate of drug-likeness (QED) is 0.334. The summed E-state index contributed by atoms with van der Waals surface area (Å²) in [7, 11) is 3.20. The molecule has 0 aliphatic heterocycles. The van der Waals surface area contributed by atoms with Crippen molar-refractivity contribution < 1.29 is 14.3 Å². The molecule has 3 aliphatic rings. The maximum Gasteiger partial charge on any atom is 0.258 e. The number of methoxy groups -OCH3 is 2. The number of ether oxygens (including phenoxy) is 2. The Labute approximate surface area is 229 Å². The molecular weight excluding hydrogens is 498 g/mol. The Morgan fingerprint density at radius 3 is 2.42 bits per heavy atom. The van der Waals surface area contributed by atoms with E-state index in [1.165, 1.54) is 5.56 Å². The standard InChI is InChI=1S/C31H32ClN3O3/c1-21-19-34-13-6-27(21)29(36)35(25-15-24(32)16-26(17-25)37-2)20-30-7-10-31(11-8-30,12-9-30)23-4-5-28(38-3)22(14-23)18-33/h4-6,13-17,19H,7-12,20H2,1-3H3. The van der Waals surface area contributed by atoms with Gasteiger partial charge in [0.05, 0.1) is 19.8 Å². The van der Waals surface area contributed by atoms with Crippen LogP contribution in [0.4, 0.5) is 5.69 Å². The van der Waals surface area contributed by atoms with Gasteiger partial charge in [0, 0.05) is 41.3 Å². The van der Waals surface area contributed by atoms with Crippen molar-refractivity contribution in [3.63, 3.8) is 0 Å².